The number of hydrogen-bond donors (Lipinski definition) is 1. The molecule has 0 rings (SSSR count). The number of phosphoric acid groups is 1. The molecule has 0 spiro atoms. The largest absolute Gasteiger partial charge is 0.472 e. The minimum atomic E-state index is -4.29. The van der Waals surface area contributed by atoms with Crippen LogP contribution in [0, 0.1) is 0 Å². The first-order valence-corrected chi connectivity index (χ1v) is 28.1. The average Bonchev–Trinajstić information content (AvgIpc) is 3.25. The first-order valence-electron chi connectivity index (χ1n) is 26.6. The monoisotopic (exact) mass is 897 g/mol. The molecule has 8 nitrogen and oxygen atoms in total. The number of rotatable bonds is 50. The quantitative estimate of drug-likeness (QED) is 0.0278. The van der Waals surface area contributed by atoms with Crippen molar-refractivity contribution in [1.82, 2.24) is 0 Å². The Hall–Kier alpha value is -1.47. The Bertz CT molecular complexity index is 1060. The molecule has 62 heavy (non-hydrogen) atoms. The van der Waals surface area contributed by atoms with Crippen LogP contribution >= 0.6 is 7.82 Å². The van der Waals surface area contributed by atoms with Gasteiger partial charge in [-0.1, -0.05) is 237 Å². The molecule has 0 aliphatic heterocycles. The topological polar surface area (TPSA) is 108 Å². The van der Waals surface area contributed by atoms with Crippen LogP contribution in [0.5, 0.6) is 0 Å². The van der Waals surface area contributed by atoms with E-state index < -0.39 is 26.5 Å². The highest BCUT2D eigenvalue weighted by Gasteiger charge is 2.25. The fraction of sp³-hybridized carbons (Fsp3) is 0.887. The lowest BCUT2D eigenvalue weighted by atomic mass is 10.0. The van der Waals surface area contributed by atoms with E-state index in [0.717, 1.165) is 51.4 Å². The van der Waals surface area contributed by atoms with Crippen molar-refractivity contribution >= 4 is 19.8 Å². The zero-order chi connectivity index (χ0) is 45.3. The summed E-state index contributed by atoms with van der Waals surface area (Å²) >= 11 is 0. The van der Waals surface area contributed by atoms with Gasteiger partial charge in [0.05, 0.1) is 13.2 Å². The molecule has 0 amide bonds. The Morgan fingerprint density at radius 2 is 0.774 bits per heavy atom. The highest BCUT2D eigenvalue weighted by atomic mass is 31.2. The molecular weight excluding hydrogens is 796 g/mol. The third-order valence-electron chi connectivity index (χ3n) is 11.8. The van der Waals surface area contributed by atoms with Crippen LogP contribution in [0.1, 0.15) is 278 Å². The van der Waals surface area contributed by atoms with E-state index in [1.165, 1.54) is 186 Å². The fourth-order valence-electron chi connectivity index (χ4n) is 7.84. The first-order chi connectivity index (χ1) is 30.3. The van der Waals surface area contributed by atoms with Gasteiger partial charge in [0.1, 0.15) is 6.61 Å². The molecular formula is C53H101O8P. The Labute approximate surface area is 383 Å². The summed E-state index contributed by atoms with van der Waals surface area (Å²) in [5, 5.41) is 0. The van der Waals surface area contributed by atoms with E-state index in [1.54, 1.807) is 6.92 Å². The van der Waals surface area contributed by atoms with E-state index in [0.29, 0.717) is 12.8 Å². The van der Waals surface area contributed by atoms with Crippen LogP contribution in [0.15, 0.2) is 24.3 Å². The maximum absolute atomic E-state index is 12.6. The van der Waals surface area contributed by atoms with Crippen LogP contribution in [-0.2, 0) is 32.7 Å². The summed E-state index contributed by atoms with van der Waals surface area (Å²) in [6, 6.07) is 0. The van der Waals surface area contributed by atoms with Gasteiger partial charge in [-0.3, -0.25) is 18.6 Å². The normalized spacial score (nSPS) is 13.3. The molecule has 0 saturated carbocycles. The molecule has 2 atom stereocenters. The number of hydrogen-bond acceptors (Lipinski definition) is 7. The number of carbonyl (C=O) groups excluding carboxylic acids is 2. The van der Waals surface area contributed by atoms with Crippen LogP contribution in [0.2, 0.25) is 0 Å². The molecule has 0 bridgehead atoms. The Balaban J connectivity index is 3.91. The Kier molecular flexibility index (Phi) is 47.8. The summed E-state index contributed by atoms with van der Waals surface area (Å²) in [5.74, 6) is -0.791. The lowest BCUT2D eigenvalue weighted by Crippen LogP contribution is -2.29. The van der Waals surface area contributed by atoms with Crippen molar-refractivity contribution in [2.75, 3.05) is 19.8 Å². The molecule has 0 aromatic carbocycles. The van der Waals surface area contributed by atoms with Crippen molar-refractivity contribution in [2.45, 2.75) is 284 Å². The number of unbranched alkanes of at least 4 members (excludes halogenated alkanes) is 34. The predicted molar refractivity (Wildman–Crippen MR) is 263 cm³/mol. The number of allylic oxidation sites excluding steroid dienone is 4. The van der Waals surface area contributed by atoms with Gasteiger partial charge in [-0.05, 0) is 51.9 Å². The van der Waals surface area contributed by atoms with Gasteiger partial charge in [-0.2, -0.15) is 0 Å². The molecule has 0 aliphatic carbocycles. The molecule has 366 valence electrons. The van der Waals surface area contributed by atoms with Crippen molar-refractivity contribution < 1.29 is 37.6 Å². The van der Waals surface area contributed by atoms with Gasteiger partial charge in [-0.15, -0.1) is 0 Å². The van der Waals surface area contributed by atoms with Crippen LogP contribution in [0.3, 0.4) is 0 Å². The summed E-state index contributed by atoms with van der Waals surface area (Å²) in [5.41, 5.74) is 0. The van der Waals surface area contributed by atoms with Gasteiger partial charge >= 0.3 is 19.8 Å². The lowest BCUT2D eigenvalue weighted by Gasteiger charge is -2.19. The van der Waals surface area contributed by atoms with E-state index in [2.05, 4.69) is 38.2 Å². The zero-order valence-corrected chi connectivity index (χ0v) is 41.9. The number of carbonyl (C=O) groups is 2. The van der Waals surface area contributed by atoms with Crippen LogP contribution in [0.4, 0.5) is 0 Å². The number of ether oxygens (including phenoxy) is 2. The minimum Gasteiger partial charge on any atom is -0.462 e. The molecule has 0 aliphatic rings. The maximum Gasteiger partial charge on any atom is 0.472 e. The predicted octanol–water partition coefficient (Wildman–Crippen LogP) is 17.4. The second-order valence-electron chi connectivity index (χ2n) is 17.9. The van der Waals surface area contributed by atoms with Gasteiger partial charge in [-0.25, -0.2) is 4.57 Å². The second-order valence-corrected chi connectivity index (χ2v) is 19.4. The third-order valence-corrected chi connectivity index (χ3v) is 12.8. The molecule has 0 heterocycles. The van der Waals surface area contributed by atoms with Crippen molar-refractivity contribution in [2.24, 2.45) is 0 Å². The molecule has 0 aromatic heterocycles. The highest BCUT2D eigenvalue weighted by Crippen LogP contribution is 2.43. The molecule has 0 aromatic rings. The van der Waals surface area contributed by atoms with Gasteiger partial charge in [0, 0.05) is 12.8 Å². The molecule has 9 heteroatoms. The molecule has 0 saturated heterocycles. The van der Waals surface area contributed by atoms with Crippen molar-refractivity contribution in [1.29, 1.82) is 0 Å². The van der Waals surface area contributed by atoms with Crippen LogP contribution in [0.25, 0.3) is 0 Å². The fourth-order valence-corrected chi connectivity index (χ4v) is 8.59. The van der Waals surface area contributed by atoms with Gasteiger partial charge < -0.3 is 14.4 Å². The third kappa shape index (κ3) is 48.0. The van der Waals surface area contributed by atoms with E-state index in [-0.39, 0.29) is 25.6 Å². The zero-order valence-electron chi connectivity index (χ0n) is 41.0. The molecule has 1 N–H and O–H groups in total. The van der Waals surface area contributed by atoms with Crippen molar-refractivity contribution in [3.8, 4) is 0 Å². The van der Waals surface area contributed by atoms with Crippen LogP contribution < -0.4 is 0 Å². The smallest absolute Gasteiger partial charge is 0.462 e. The molecule has 0 fully saturated rings. The van der Waals surface area contributed by atoms with E-state index >= 15 is 0 Å². The summed E-state index contributed by atoms with van der Waals surface area (Å²) in [4.78, 5) is 34.9. The Morgan fingerprint density at radius 3 is 1.16 bits per heavy atom. The molecule has 0 radical (unpaired) electrons. The lowest BCUT2D eigenvalue weighted by molar-refractivity contribution is -0.161. The molecule has 2 unspecified atom stereocenters. The standard InChI is InChI=1S/C53H101O8P/c1-4-7-9-11-13-15-17-19-21-23-25-26-27-28-29-30-32-33-35-37-39-41-43-45-47-52(54)58-49-51(50-60-62(56,57)59-6-3)61-53(55)48-46-44-42-40-38-36-34-31-24-22-20-18-16-14-12-10-8-5-2/h16,18,22,24,51H,4-15,17,19-21,23,25-50H2,1-3H3,(H,56,57)/b18-16-,24-22-. The Morgan fingerprint density at radius 1 is 0.435 bits per heavy atom. The number of phosphoric ester groups is 1. The average molecular weight is 897 g/mol. The second kappa shape index (κ2) is 49.0. The van der Waals surface area contributed by atoms with Gasteiger partial charge in [0.15, 0.2) is 6.10 Å². The minimum absolute atomic E-state index is 0.00102. The van der Waals surface area contributed by atoms with Crippen molar-refractivity contribution in [3.63, 3.8) is 0 Å². The SMILES string of the molecule is CCCCCC/C=C\C/C=C\CCCCCCCCCC(=O)OC(COC(=O)CCCCCCCCCCCCCCCCCCCCCCCCCC)COP(=O)(O)OCC. The van der Waals surface area contributed by atoms with Crippen molar-refractivity contribution in [3.05, 3.63) is 24.3 Å². The summed E-state index contributed by atoms with van der Waals surface area (Å²) in [7, 11) is -4.29. The van der Waals surface area contributed by atoms with Gasteiger partial charge in [0.2, 0.25) is 0 Å². The maximum atomic E-state index is 12.6. The summed E-state index contributed by atoms with van der Waals surface area (Å²) < 4.78 is 32.8. The van der Waals surface area contributed by atoms with E-state index in [9.17, 15) is 19.0 Å². The van der Waals surface area contributed by atoms with E-state index in [4.69, 9.17) is 18.5 Å². The van der Waals surface area contributed by atoms with Gasteiger partial charge in [0.25, 0.3) is 0 Å². The summed E-state index contributed by atoms with van der Waals surface area (Å²) in [6.07, 6.45) is 56.8. The van der Waals surface area contributed by atoms with E-state index in [1.807, 2.05) is 0 Å². The summed E-state index contributed by atoms with van der Waals surface area (Å²) in [6.45, 7) is 5.51. The number of esters is 2. The van der Waals surface area contributed by atoms with Crippen LogP contribution in [-0.4, -0.2) is 42.8 Å². The first kappa shape index (κ1) is 60.5. The highest BCUT2D eigenvalue weighted by molar-refractivity contribution is 7.47.